The second kappa shape index (κ2) is 8.47. The van der Waals surface area contributed by atoms with E-state index in [0.29, 0.717) is 40.7 Å². The number of carbonyl (C=O) groups excluding carboxylic acids is 1. The van der Waals surface area contributed by atoms with E-state index in [-0.39, 0.29) is 12.7 Å². The molecule has 160 valence electrons. The van der Waals surface area contributed by atoms with Crippen LogP contribution in [-0.4, -0.2) is 29.6 Å². The molecule has 2 heterocycles. The van der Waals surface area contributed by atoms with Crippen molar-refractivity contribution in [2.24, 2.45) is 0 Å². The summed E-state index contributed by atoms with van der Waals surface area (Å²) in [5.74, 6) is 1.70. The molecule has 7 heteroatoms. The van der Waals surface area contributed by atoms with Crippen LogP contribution >= 0.6 is 0 Å². The highest BCUT2D eigenvalue weighted by atomic mass is 16.7. The van der Waals surface area contributed by atoms with Crippen LogP contribution in [-0.2, 0) is 6.54 Å². The molecule has 0 aliphatic carbocycles. The zero-order valence-electron chi connectivity index (χ0n) is 17.4. The Hall–Kier alpha value is -4.26. The third-order valence-electron chi connectivity index (χ3n) is 5.17. The van der Waals surface area contributed by atoms with Gasteiger partial charge in [-0.15, -0.1) is 0 Å². The van der Waals surface area contributed by atoms with E-state index in [4.69, 9.17) is 19.3 Å². The Kier molecular flexibility index (Phi) is 5.21. The van der Waals surface area contributed by atoms with E-state index >= 15 is 0 Å². The van der Waals surface area contributed by atoms with E-state index in [2.05, 4.69) is 5.32 Å². The van der Waals surface area contributed by atoms with Crippen LogP contribution in [0.1, 0.15) is 15.9 Å². The summed E-state index contributed by atoms with van der Waals surface area (Å²) in [4.78, 5) is 13.3. The highest BCUT2D eigenvalue weighted by Crippen LogP contribution is 2.34. The number of hydrogen-bond acceptors (Lipinski definition) is 5. The number of aromatic nitrogens is 2. The molecule has 0 fully saturated rings. The first-order valence-electron chi connectivity index (χ1n) is 10.2. The van der Waals surface area contributed by atoms with E-state index in [1.165, 1.54) is 0 Å². The monoisotopic (exact) mass is 427 g/mol. The molecule has 0 saturated heterocycles. The summed E-state index contributed by atoms with van der Waals surface area (Å²) in [5.41, 5.74) is 3.55. The first-order chi connectivity index (χ1) is 15.7. The number of benzene rings is 3. The van der Waals surface area contributed by atoms with Crippen LogP contribution in [0.25, 0.3) is 11.3 Å². The summed E-state index contributed by atoms with van der Waals surface area (Å²) in [5, 5.41) is 7.67. The van der Waals surface area contributed by atoms with Crippen LogP contribution in [0.3, 0.4) is 0 Å². The number of methoxy groups -OCH3 is 1. The van der Waals surface area contributed by atoms with E-state index in [0.717, 1.165) is 11.1 Å². The molecule has 0 saturated carbocycles. The van der Waals surface area contributed by atoms with Crippen LogP contribution in [0.15, 0.2) is 79.0 Å². The molecule has 7 nitrogen and oxygen atoms in total. The van der Waals surface area contributed by atoms with Crippen LogP contribution in [0.5, 0.6) is 17.2 Å². The number of carbonyl (C=O) groups is 1. The second-order valence-electron chi connectivity index (χ2n) is 7.33. The fourth-order valence-electron chi connectivity index (χ4n) is 3.60. The second-order valence-corrected chi connectivity index (χ2v) is 7.33. The average molecular weight is 427 g/mol. The summed E-state index contributed by atoms with van der Waals surface area (Å²) in [6, 6.07) is 22.8. The minimum Gasteiger partial charge on any atom is -0.497 e. The molecule has 5 rings (SSSR count). The molecule has 4 aromatic rings. The average Bonchev–Trinajstić information content (AvgIpc) is 3.46. The van der Waals surface area contributed by atoms with Crippen molar-refractivity contribution in [1.82, 2.24) is 9.78 Å². The van der Waals surface area contributed by atoms with E-state index in [1.54, 1.807) is 36.2 Å². The Balaban J connectivity index is 1.49. The van der Waals surface area contributed by atoms with Gasteiger partial charge in [0.25, 0.3) is 5.91 Å². The molecule has 1 N–H and O–H groups in total. The topological polar surface area (TPSA) is 74.6 Å². The number of amides is 1. The Morgan fingerprint density at radius 2 is 1.88 bits per heavy atom. The highest BCUT2D eigenvalue weighted by Gasteiger charge is 2.20. The molecular formula is C25H21N3O4. The van der Waals surface area contributed by atoms with Gasteiger partial charge < -0.3 is 19.5 Å². The molecule has 1 amide bonds. The van der Waals surface area contributed by atoms with Gasteiger partial charge in [0.05, 0.1) is 19.2 Å². The van der Waals surface area contributed by atoms with Gasteiger partial charge in [-0.25, -0.2) is 0 Å². The third-order valence-corrected chi connectivity index (χ3v) is 5.17. The predicted molar refractivity (Wildman–Crippen MR) is 120 cm³/mol. The number of nitrogens with one attached hydrogen (secondary N) is 1. The van der Waals surface area contributed by atoms with Gasteiger partial charge in [-0.3, -0.25) is 9.48 Å². The lowest BCUT2D eigenvalue weighted by Crippen LogP contribution is -2.12. The maximum Gasteiger partial charge on any atom is 0.259 e. The first kappa shape index (κ1) is 19.7. The van der Waals surface area contributed by atoms with Gasteiger partial charge in [0.1, 0.15) is 11.4 Å². The van der Waals surface area contributed by atoms with Crippen LogP contribution < -0.4 is 19.5 Å². The van der Waals surface area contributed by atoms with Gasteiger partial charge in [0.2, 0.25) is 6.79 Å². The first-order valence-corrected chi connectivity index (χ1v) is 10.2. The molecule has 0 atom stereocenters. The SMILES string of the molecule is COc1cccc(-c2nn(Cc3ccccc3)cc2C(=O)Nc2ccc3c(c2)OCO3)c1. The smallest absolute Gasteiger partial charge is 0.259 e. The highest BCUT2D eigenvalue weighted by molar-refractivity contribution is 6.08. The Morgan fingerprint density at radius 3 is 2.72 bits per heavy atom. The number of nitrogens with zero attached hydrogens (tertiary/aromatic N) is 2. The predicted octanol–water partition coefficient (Wildman–Crippen LogP) is 4.59. The van der Waals surface area contributed by atoms with Crippen molar-refractivity contribution < 1.29 is 19.0 Å². The molecule has 0 unspecified atom stereocenters. The van der Waals surface area contributed by atoms with Gasteiger partial charge in [0.15, 0.2) is 11.5 Å². The minimum atomic E-state index is -0.263. The third kappa shape index (κ3) is 4.00. The lowest BCUT2D eigenvalue weighted by molar-refractivity contribution is 0.102. The molecule has 32 heavy (non-hydrogen) atoms. The fraction of sp³-hybridized carbons (Fsp3) is 0.120. The van der Waals surface area contributed by atoms with E-state index < -0.39 is 0 Å². The maximum atomic E-state index is 13.3. The Morgan fingerprint density at radius 1 is 1.03 bits per heavy atom. The number of fused-ring (bicyclic) bond motifs is 1. The number of hydrogen-bond donors (Lipinski definition) is 1. The Bertz CT molecular complexity index is 1270. The summed E-state index contributed by atoms with van der Waals surface area (Å²) in [7, 11) is 1.61. The van der Waals surface area contributed by atoms with Crippen LogP contribution in [0, 0.1) is 0 Å². The van der Waals surface area contributed by atoms with Crippen molar-refractivity contribution in [2.75, 3.05) is 19.2 Å². The summed E-state index contributed by atoms with van der Waals surface area (Å²) >= 11 is 0. The molecule has 1 aliphatic heterocycles. The van der Waals surface area contributed by atoms with Crippen molar-refractivity contribution in [2.45, 2.75) is 6.54 Å². The van der Waals surface area contributed by atoms with Crippen LogP contribution in [0.2, 0.25) is 0 Å². The number of ether oxygens (including phenoxy) is 3. The van der Waals surface area contributed by atoms with Gasteiger partial charge in [-0.1, -0.05) is 42.5 Å². The fourth-order valence-corrected chi connectivity index (χ4v) is 3.60. The summed E-state index contributed by atoms with van der Waals surface area (Å²) in [6.45, 7) is 0.730. The minimum absolute atomic E-state index is 0.180. The molecule has 1 aromatic heterocycles. The van der Waals surface area contributed by atoms with E-state index in [9.17, 15) is 4.79 Å². The van der Waals surface area contributed by atoms with Crippen molar-refractivity contribution in [1.29, 1.82) is 0 Å². The lowest BCUT2D eigenvalue weighted by atomic mass is 10.1. The van der Waals surface area contributed by atoms with Crippen LogP contribution in [0.4, 0.5) is 5.69 Å². The van der Waals surface area contributed by atoms with Gasteiger partial charge >= 0.3 is 0 Å². The lowest BCUT2D eigenvalue weighted by Gasteiger charge is -2.07. The summed E-state index contributed by atoms with van der Waals surface area (Å²) in [6.07, 6.45) is 1.77. The van der Waals surface area contributed by atoms with Crippen molar-refractivity contribution in [3.8, 4) is 28.5 Å². The zero-order valence-corrected chi connectivity index (χ0v) is 17.4. The molecule has 0 radical (unpaired) electrons. The maximum absolute atomic E-state index is 13.3. The molecule has 3 aromatic carbocycles. The van der Waals surface area contributed by atoms with Gasteiger partial charge in [0, 0.05) is 23.5 Å². The van der Waals surface area contributed by atoms with Gasteiger partial charge in [-0.2, -0.15) is 5.10 Å². The van der Waals surface area contributed by atoms with Crippen molar-refractivity contribution in [3.63, 3.8) is 0 Å². The summed E-state index contributed by atoms with van der Waals surface area (Å²) < 4.78 is 17.9. The molecule has 1 aliphatic rings. The molecule has 0 spiro atoms. The zero-order chi connectivity index (χ0) is 21.9. The van der Waals surface area contributed by atoms with Crippen molar-refractivity contribution >= 4 is 11.6 Å². The van der Waals surface area contributed by atoms with Crippen molar-refractivity contribution in [3.05, 3.63) is 90.1 Å². The number of anilines is 1. The largest absolute Gasteiger partial charge is 0.497 e. The molecule has 0 bridgehead atoms. The Labute approximate surface area is 185 Å². The van der Waals surface area contributed by atoms with Gasteiger partial charge in [-0.05, 0) is 29.8 Å². The number of rotatable bonds is 6. The standard InChI is InChI=1S/C25H21N3O4/c1-30-20-9-5-8-18(12-20)24-21(15-28(27-24)14-17-6-3-2-4-7-17)25(29)26-19-10-11-22-23(13-19)32-16-31-22/h2-13,15H,14,16H2,1H3,(H,26,29). The van der Waals surface area contributed by atoms with E-state index in [1.807, 2.05) is 54.6 Å². The molecular weight excluding hydrogens is 406 g/mol. The normalized spacial score (nSPS) is 11.9. The quantitative estimate of drug-likeness (QED) is 0.487.